The Balaban J connectivity index is 3.89. The number of halogens is 2. The molecule has 0 fully saturated rings. The molecular weight excluding hydrogens is 204 g/mol. The molecule has 0 saturated carbocycles. The molecule has 0 aromatic carbocycles. The number of aliphatic hydroxyl groups is 1. The predicted molar refractivity (Wildman–Crippen MR) is 43.8 cm³/mol. The van der Waals surface area contributed by atoms with Gasteiger partial charge in [-0.2, -0.15) is 8.78 Å². The molecule has 13 heavy (non-hydrogen) atoms. The van der Waals surface area contributed by atoms with E-state index in [4.69, 9.17) is 5.11 Å². The van der Waals surface area contributed by atoms with Gasteiger partial charge in [0.25, 0.3) is 10.0 Å². The van der Waals surface area contributed by atoms with Gasteiger partial charge >= 0.3 is 5.76 Å². The maximum Gasteiger partial charge on any atom is 0.350 e. The Kier molecular flexibility index (Phi) is 5.34. The molecule has 0 bridgehead atoms. The zero-order valence-electron chi connectivity index (χ0n) is 7.20. The Morgan fingerprint density at radius 3 is 2.38 bits per heavy atom. The van der Waals surface area contributed by atoms with Crippen molar-refractivity contribution in [2.75, 3.05) is 6.54 Å². The first kappa shape index (κ1) is 12.7. The van der Waals surface area contributed by atoms with Crippen LogP contribution >= 0.6 is 0 Å². The van der Waals surface area contributed by atoms with Crippen LogP contribution in [0.3, 0.4) is 0 Å². The Bertz CT molecular complexity index is 230. The van der Waals surface area contributed by atoms with Gasteiger partial charge in [0.15, 0.2) is 0 Å². The van der Waals surface area contributed by atoms with Crippen LogP contribution in [-0.2, 0) is 10.0 Å². The highest BCUT2D eigenvalue weighted by atomic mass is 32.2. The van der Waals surface area contributed by atoms with Crippen molar-refractivity contribution in [2.24, 2.45) is 0 Å². The maximum absolute atomic E-state index is 11.7. The van der Waals surface area contributed by atoms with Crippen molar-refractivity contribution in [1.29, 1.82) is 0 Å². The molecule has 0 aromatic heterocycles. The zero-order chi connectivity index (χ0) is 10.5. The summed E-state index contributed by atoms with van der Waals surface area (Å²) in [6, 6.07) is 0. The molecule has 1 atom stereocenters. The second-order valence-electron chi connectivity index (χ2n) is 2.60. The largest absolute Gasteiger partial charge is 0.392 e. The molecule has 0 radical (unpaired) electrons. The first-order chi connectivity index (χ1) is 5.90. The average molecular weight is 217 g/mol. The second-order valence-corrected chi connectivity index (χ2v) is 4.33. The summed E-state index contributed by atoms with van der Waals surface area (Å²) in [7, 11) is -4.55. The number of alkyl halides is 2. The molecule has 1 unspecified atom stereocenters. The summed E-state index contributed by atoms with van der Waals surface area (Å²) in [5, 5.41) is 9.02. The normalized spacial score (nSPS) is 14.8. The Hall–Kier alpha value is -0.270. The van der Waals surface area contributed by atoms with Crippen molar-refractivity contribution in [3.63, 3.8) is 0 Å². The van der Waals surface area contributed by atoms with Crippen LogP contribution in [0.1, 0.15) is 19.8 Å². The van der Waals surface area contributed by atoms with E-state index in [1.807, 2.05) is 0 Å². The smallest absolute Gasteiger partial charge is 0.350 e. The summed E-state index contributed by atoms with van der Waals surface area (Å²) < 4.78 is 46.0. The molecule has 0 aliphatic rings. The Morgan fingerprint density at radius 1 is 1.46 bits per heavy atom. The zero-order valence-corrected chi connectivity index (χ0v) is 8.02. The third kappa shape index (κ3) is 5.12. The highest BCUT2D eigenvalue weighted by Crippen LogP contribution is 2.02. The number of hydrogen-bond donors (Lipinski definition) is 2. The van der Waals surface area contributed by atoms with Crippen molar-refractivity contribution in [3.05, 3.63) is 0 Å². The lowest BCUT2D eigenvalue weighted by atomic mass is 10.2. The minimum atomic E-state index is -4.55. The van der Waals surface area contributed by atoms with E-state index >= 15 is 0 Å². The standard InChI is InChI=1S/C6H13F2NO3S/c1-2-3-5(10)4-9-13(11,12)6(7)8/h5-6,9-10H,2-4H2,1H3. The minimum absolute atomic E-state index is 0.361. The number of rotatable bonds is 6. The average Bonchev–Trinajstić information content (AvgIpc) is 2.01. The topological polar surface area (TPSA) is 66.4 Å². The summed E-state index contributed by atoms with van der Waals surface area (Å²) in [5.41, 5.74) is 0. The van der Waals surface area contributed by atoms with E-state index in [1.54, 1.807) is 11.6 Å². The van der Waals surface area contributed by atoms with E-state index in [0.29, 0.717) is 12.8 Å². The monoisotopic (exact) mass is 217 g/mol. The first-order valence-corrected chi connectivity index (χ1v) is 5.39. The molecule has 0 saturated heterocycles. The quantitative estimate of drug-likeness (QED) is 0.672. The Labute approximate surface area is 76.0 Å². The van der Waals surface area contributed by atoms with Crippen LogP contribution in [0.25, 0.3) is 0 Å². The van der Waals surface area contributed by atoms with E-state index in [9.17, 15) is 17.2 Å². The second kappa shape index (κ2) is 5.46. The lowest BCUT2D eigenvalue weighted by Crippen LogP contribution is -2.35. The van der Waals surface area contributed by atoms with Crippen LogP contribution in [0.15, 0.2) is 0 Å². The molecule has 2 N–H and O–H groups in total. The highest BCUT2D eigenvalue weighted by Gasteiger charge is 2.23. The molecule has 0 aromatic rings. The SMILES string of the molecule is CCCC(O)CNS(=O)(=O)C(F)F. The van der Waals surface area contributed by atoms with Crippen LogP contribution in [0.5, 0.6) is 0 Å². The minimum Gasteiger partial charge on any atom is -0.392 e. The maximum atomic E-state index is 11.7. The molecule has 4 nitrogen and oxygen atoms in total. The van der Waals surface area contributed by atoms with E-state index in [2.05, 4.69) is 0 Å². The van der Waals surface area contributed by atoms with Gasteiger partial charge in [0.05, 0.1) is 6.10 Å². The fourth-order valence-corrected chi connectivity index (χ4v) is 1.26. The van der Waals surface area contributed by atoms with Crippen molar-refractivity contribution < 1.29 is 22.3 Å². The summed E-state index contributed by atoms with van der Waals surface area (Å²) in [6.07, 6.45) is 0.141. The highest BCUT2D eigenvalue weighted by molar-refractivity contribution is 7.89. The van der Waals surface area contributed by atoms with Gasteiger partial charge in [-0.1, -0.05) is 13.3 Å². The van der Waals surface area contributed by atoms with Crippen LogP contribution in [0.2, 0.25) is 0 Å². The van der Waals surface area contributed by atoms with Crippen molar-refractivity contribution in [3.8, 4) is 0 Å². The molecule has 0 aliphatic carbocycles. The van der Waals surface area contributed by atoms with Gasteiger partial charge in [0.1, 0.15) is 0 Å². The summed E-state index contributed by atoms with van der Waals surface area (Å²) >= 11 is 0. The lowest BCUT2D eigenvalue weighted by Gasteiger charge is -2.10. The third-order valence-electron chi connectivity index (χ3n) is 1.38. The van der Waals surface area contributed by atoms with Crippen LogP contribution in [0, 0.1) is 0 Å². The molecule has 0 aliphatic heterocycles. The number of sulfonamides is 1. The van der Waals surface area contributed by atoms with Gasteiger partial charge in [-0.15, -0.1) is 0 Å². The van der Waals surface area contributed by atoms with Crippen LogP contribution in [-0.4, -0.2) is 31.9 Å². The van der Waals surface area contributed by atoms with Gasteiger partial charge in [-0.05, 0) is 6.42 Å². The molecule has 0 amide bonds. The number of hydrogen-bond acceptors (Lipinski definition) is 3. The molecule has 80 valence electrons. The summed E-state index contributed by atoms with van der Waals surface area (Å²) in [5.74, 6) is -3.44. The van der Waals surface area contributed by atoms with Crippen molar-refractivity contribution in [2.45, 2.75) is 31.6 Å². The van der Waals surface area contributed by atoms with Crippen molar-refractivity contribution in [1.82, 2.24) is 4.72 Å². The van der Waals surface area contributed by atoms with Gasteiger partial charge in [-0.3, -0.25) is 0 Å². The van der Waals surface area contributed by atoms with E-state index < -0.39 is 21.9 Å². The lowest BCUT2D eigenvalue weighted by molar-refractivity contribution is 0.165. The fourth-order valence-electron chi connectivity index (χ4n) is 0.711. The van der Waals surface area contributed by atoms with E-state index in [-0.39, 0.29) is 6.54 Å². The summed E-state index contributed by atoms with van der Waals surface area (Å²) in [6.45, 7) is 1.44. The van der Waals surface area contributed by atoms with Crippen molar-refractivity contribution >= 4 is 10.0 Å². The molecule has 0 heterocycles. The summed E-state index contributed by atoms with van der Waals surface area (Å²) in [4.78, 5) is 0. The molecular formula is C6H13F2NO3S. The Morgan fingerprint density at radius 2 is 2.00 bits per heavy atom. The van der Waals surface area contributed by atoms with Gasteiger partial charge in [0, 0.05) is 6.54 Å². The fraction of sp³-hybridized carbons (Fsp3) is 1.00. The van der Waals surface area contributed by atoms with E-state index in [0.717, 1.165) is 0 Å². The third-order valence-corrected chi connectivity index (χ3v) is 2.41. The van der Waals surface area contributed by atoms with Gasteiger partial charge in [0.2, 0.25) is 0 Å². The van der Waals surface area contributed by atoms with Gasteiger partial charge in [-0.25, -0.2) is 13.1 Å². The number of nitrogens with one attached hydrogen (secondary N) is 1. The van der Waals surface area contributed by atoms with Crippen LogP contribution in [0.4, 0.5) is 8.78 Å². The van der Waals surface area contributed by atoms with E-state index in [1.165, 1.54) is 0 Å². The predicted octanol–water partition coefficient (Wildman–Crippen LogP) is 0.289. The van der Waals surface area contributed by atoms with Crippen LogP contribution < -0.4 is 4.72 Å². The molecule has 7 heteroatoms. The number of aliphatic hydroxyl groups excluding tert-OH is 1. The molecule has 0 spiro atoms. The van der Waals surface area contributed by atoms with Gasteiger partial charge < -0.3 is 5.11 Å². The first-order valence-electron chi connectivity index (χ1n) is 3.84. The molecule has 0 rings (SSSR count).